The molecule has 21 heavy (non-hydrogen) atoms. The van der Waals surface area contributed by atoms with Crippen LogP contribution in [-0.4, -0.2) is 65.4 Å². The van der Waals surface area contributed by atoms with Crippen molar-refractivity contribution in [3.8, 4) is 0 Å². The first-order valence-corrected chi connectivity index (χ1v) is 6.65. The van der Waals surface area contributed by atoms with Crippen LogP contribution in [0.4, 0.5) is 0 Å². The number of nitrogens with zero attached hydrogens (tertiary/aromatic N) is 1. The van der Waals surface area contributed by atoms with Crippen LogP contribution >= 0.6 is 0 Å². The highest BCUT2D eigenvalue weighted by Gasteiger charge is 2.33. The van der Waals surface area contributed by atoms with Crippen LogP contribution in [0.2, 0.25) is 0 Å². The maximum atomic E-state index is 11.9. The maximum Gasteiger partial charge on any atom is 0.326 e. The number of carboxylic acid groups (broad SMARTS) is 1. The van der Waals surface area contributed by atoms with Gasteiger partial charge in [0, 0.05) is 6.54 Å². The Morgan fingerprint density at radius 3 is 2.52 bits per heavy atom. The standard InChI is InChI=1S/C12H20N4O5/c1-7(13)11(19)15-5-9(17)14-6-10(18)16-4-2-3-8(16)12(20)21/h7-8H,2-6,13H2,1H3,(H,14,17)(H,15,19)(H,20,21)/t7-,8-/m0/s1. The summed E-state index contributed by atoms with van der Waals surface area (Å²) in [6.07, 6.45) is 1.04. The van der Waals surface area contributed by atoms with E-state index in [1.165, 1.54) is 11.8 Å². The number of likely N-dealkylation sites (tertiary alicyclic amines) is 1. The maximum absolute atomic E-state index is 11.9. The highest BCUT2D eigenvalue weighted by Crippen LogP contribution is 2.16. The molecule has 0 radical (unpaired) electrons. The zero-order valence-corrected chi connectivity index (χ0v) is 11.8. The number of carbonyl (C=O) groups excluding carboxylic acids is 3. The van der Waals surface area contributed by atoms with Crippen molar-refractivity contribution in [2.75, 3.05) is 19.6 Å². The average molecular weight is 300 g/mol. The number of rotatable bonds is 6. The summed E-state index contributed by atoms with van der Waals surface area (Å²) in [6.45, 7) is 1.27. The Balaban J connectivity index is 2.34. The molecule has 9 nitrogen and oxygen atoms in total. The molecule has 118 valence electrons. The molecular formula is C12H20N4O5. The molecule has 0 spiro atoms. The van der Waals surface area contributed by atoms with E-state index < -0.39 is 35.8 Å². The van der Waals surface area contributed by atoms with Gasteiger partial charge in [0.15, 0.2) is 0 Å². The smallest absolute Gasteiger partial charge is 0.326 e. The lowest BCUT2D eigenvalue weighted by Gasteiger charge is -2.21. The molecule has 1 aliphatic rings. The molecule has 0 saturated carbocycles. The predicted octanol–water partition coefficient (Wildman–Crippen LogP) is -2.36. The van der Waals surface area contributed by atoms with Gasteiger partial charge in [0.05, 0.1) is 19.1 Å². The van der Waals surface area contributed by atoms with E-state index in [1.807, 2.05) is 0 Å². The second kappa shape index (κ2) is 7.58. The molecule has 1 heterocycles. The third kappa shape index (κ3) is 5.03. The topological polar surface area (TPSA) is 142 Å². The van der Waals surface area contributed by atoms with E-state index in [1.54, 1.807) is 0 Å². The van der Waals surface area contributed by atoms with Gasteiger partial charge in [-0.15, -0.1) is 0 Å². The van der Waals surface area contributed by atoms with Gasteiger partial charge in [-0.2, -0.15) is 0 Å². The van der Waals surface area contributed by atoms with Crippen molar-refractivity contribution in [2.24, 2.45) is 5.73 Å². The number of carboxylic acids is 1. The first-order valence-electron chi connectivity index (χ1n) is 6.65. The molecular weight excluding hydrogens is 280 g/mol. The summed E-state index contributed by atoms with van der Waals surface area (Å²) in [5, 5.41) is 13.6. The van der Waals surface area contributed by atoms with Crippen LogP contribution in [0.1, 0.15) is 19.8 Å². The summed E-state index contributed by atoms with van der Waals surface area (Å²) in [7, 11) is 0. The van der Waals surface area contributed by atoms with Crippen LogP contribution in [0.15, 0.2) is 0 Å². The Morgan fingerprint density at radius 1 is 1.29 bits per heavy atom. The number of hydrogen-bond acceptors (Lipinski definition) is 5. The SMILES string of the molecule is C[C@H](N)C(=O)NCC(=O)NCC(=O)N1CCC[C@H]1C(=O)O. The summed E-state index contributed by atoms with van der Waals surface area (Å²) in [5.41, 5.74) is 5.31. The minimum absolute atomic E-state index is 0.282. The molecule has 0 aromatic heterocycles. The summed E-state index contributed by atoms with van der Waals surface area (Å²) in [6, 6.07) is -1.55. The second-order valence-corrected chi connectivity index (χ2v) is 4.87. The Morgan fingerprint density at radius 2 is 1.95 bits per heavy atom. The predicted molar refractivity (Wildman–Crippen MR) is 72.0 cm³/mol. The molecule has 2 atom stereocenters. The van der Waals surface area contributed by atoms with E-state index in [4.69, 9.17) is 10.8 Å². The van der Waals surface area contributed by atoms with Crippen LogP contribution in [0, 0.1) is 0 Å². The zero-order valence-electron chi connectivity index (χ0n) is 11.8. The van der Waals surface area contributed by atoms with Crippen molar-refractivity contribution >= 4 is 23.7 Å². The van der Waals surface area contributed by atoms with Gasteiger partial charge >= 0.3 is 5.97 Å². The van der Waals surface area contributed by atoms with Crippen LogP contribution in [0.3, 0.4) is 0 Å². The number of nitrogens with two attached hydrogens (primary N) is 1. The van der Waals surface area contributed by atoms with E-state index >= 15 is 0 Å². The lowest BCUT2D eigenvalue weighted by molar-refractivity contribution is -0.148. The van der Waals surface area contributed by atoms with E-state index in [2.05, 4.69) is 10.6 Å². The Hall–Kier alpha value is -2.16. The zero-order chi connectivity index (χ0) is 16.0. The van der Waals surface area contributed by atoms with E-state index in [0.717, 1.165) is 0 Å². The minimum Gasteiger partial charge on any atom is -0.480 e. The van der Waals surface area contributed by atoms with Crippen LogP contribution in [0.5, 0.6) is 0 Å². The van der Waals surface area contributed by atoms with Gasteiger partial charge in [-0.05, 0) is 19.8 Å². The Labute approximate surface area is 121 Å². The number of amides is 3. The van der Waals surface area contributed by atoms with E-state index in [9.17, 15) is 19.2 Å². The summed E-state index contributed by atoms with van der Waals surface area (Å²) in [5.74, 6) is -2.51. The lowest BCUT2D eigenvalue weighted by Crippen LogP contribution is -2.48. The molecule has 0 aliphatic carbocycles. The fourth-order valence-electron chi connectivity index (χ4n) is 1.99. The van der Waals surface area contributed by atoms with Crippen LogP contribution in [0.25, 0.3) is 0 Å². The van der Waals surface area contributed by atoms with Crippen molar-refractivity contribution in [2.45, 2.75) is 31.8 Å². The third-order valence-electron chi connectivity index (χ3n) is 3.13. The van der Waals surface area contributed by atoms with Gasteiger partial charge < -0.3 is 26.4 Å². The molecule has 5 N–H and O–H groups in total. The van der Waals surface area contributed by atoms with Crippen molar-refractivity contribution in [1.82, 2.24) is 15.5 Å². The molecule has 1 saturated heterocycles. The van der Waals surface area contributed by atoms with Crippen molar-refractivity contribution in [3.63, 3.8) is 0 Å². The molecule has 0 aromatic rings. The normalized spacial score (nSPS) is 19.0. The fourth-order valence-corrected chi connectivity index (χ4v) is 1.99. The molecule has 9 heteroatoms. The lowest BCUT2D eigenvalue weighted by atomic mass is 10.2. The minimum atomic E-state index is -1.05. The molecule has 1 fully saturated rings. The number of carbonyl (C=O) groups is 4. The fraction of sp³-hybridized carbons (Fsp3) is 0.667. The van der Waals surface area contributed by atoms with Gasteiger partial charge in [-0.1, -0.05) is 0 Å². The van der Waals surface area contributed by atoms with E-state index in [0.29, 0.717) is 19.4 Å². The van der Waals surface area contributed by atoms with Gasteiger partial charge in [0.25, 0.3) is 0 Å². The average Bonchev–Trinajstić information content (AvgIpc) is 2.91. The number of nitrogens with one attached hydrogen (secondary N) is 2. The first kappa shape index (κ1) is 16.9. The quantitative estimate of drug-likeness (QED) is 0.432. The Bertz CT molecular complexity index is 437. The van der Waals surface area contributed by atoms with Crippen molar-refractivity contribution < 1.29 is 24.3 Å². The second-order valence-electron chi connectivity index (χ2n) is 4.87. The first-order chi connectivity index (χ1) is 9.82. The molecule has 0 aromatic carbocycles. The highest BCUT2D eigenvalue weighted by atomic mass is 16.4. The summed E-state index contributed by atoms with van der Waals surface area (Å²) < 4.78 is 0. The van der Waals surface area contributed by atoms with Crippen LogP contribution < -0.4 is 16.4 Å². The summed E-state index contributed by atoms with van der Waals surface area (Å²) in [4.78, 5) is 46.7. The molecule has 0 bridgehead atoms. The largest absolute Gasteiger partial charge is 0.480 e. The monoisotopic (exact) mass is 300 g/mol. The highest BCUT2D eigenvalue weighted by molar-refractivity contribution is 5.90. The van der Waals surface area contributed by atoms with Gasteiger partial charge in [-0.25, -0.2) is 4.79 Å². The number of hydrogen-bond donors (Lipinski definition) is 4. The molecule has 3 amide bonds. The van der Waals surface area contributed by atoms with Gasteiger partial charge in [0.1, 0.15) is 6.04 Å². The third-order valence-corrected chi connectivity index (χ3v) is 3.13. The van der Waals surface area contributed by atoms with E-state index in [-0.39, 0.29) is 13.1 Å². The Kier molecular flexibility index (Phi) is 6.10. The van der Waals surface area contributed by atoms with Crippen molar-refractivity contribution in [3.05, 3.63) is 0 Å². The molecule has 1 rings (SSSR count). The summed E-state index contributed by atoms with van der Waals surface area (Å²) >= 11 is 0. The molecule has 1 aliphatic heterocycles. The van der Waals surface area contributed by atoms with Crippen molar-refractivity contribution in [1.29, 1.82) is 0 Å². The van der Waals surface area contributed by atoms with Gasteiger partial charge in [-0.3, -0.25) is 14.4 Å². The van der Waals surface area contributed by atoms with Gasteiger partial charge in [0.2, 0.25) is 17.7 Å². The number of aliphatic carboxylic acids is 1. The van der Waals surface area contributed by atoms with Crippen LogP contribution in [-0.2, 0) is 19.2 Å². The molecule has 0 unspecified atom stereocenters.